The zero-order valence-corrected chi connectivity index (χ0v) is 17.2. The third-order valence-electron chi connectivity index (χ3n) is 6.27. The van der Waals surface area contributed by atoms with Crippen molar-refractivity contribution in [3.63, 3.8) is 0 Å². The predicted molar refractivity (Wildman–Crippen MR) is 109 cm³/mol. The summed E-state index contributed by atoms with van der Waals surface area (Å²) in [5.41, 5.74) is 1.01. The number of benzene rings is 1. The van der Waals surface area contributed by atoms with Gasteiger partial charge in [0.2, 0.25) is 15.9 Å². The third kappa shape index (κ3) is 3.82. The Balaban J connectivity index is 1.39. The molecule has 2 fully saturated rings. The van der Waals surface area contributed by atoms with E-state index in [1.165, 1.54) is 23.6 Å². The summed E-state index contributed by atoms with van der Waals surface area (Å²) in [6.07, 6.45) is 8.88. The molecule has 28 heavy (non-hydrogen) atoms. The molecular weight excluding hydrogens is 374 g/mol. The van der Waals surface area contributed by atoms with E-state index >= 15 is 0 Å². The van der Waals surface area contributed by atoms with Gasteiger partial charge in [0.05, 0.1) is 4.90 Å². The largest absolute Gasteiger partial charge is 0.353 e. The summed E-state index contributed by atoms with van der Waals surface area (Å²) < 4.78 is 29.6. The second-order valence-corrected chi connectivity index (χ2v) is 10.1. The normalized spacial score (nSPS) is 20.5. The van der Waals surface area contributed by atoms with Crippen LogP contribution in [0.15, 0.2) is 35.4 Å². The van der Waals surface area contributed by atoms with Crippen LogP contribution >= 0.6 is 0 Å². The van der Waals surface area contributed by atoms with Crippen molar-refractivity contribution >= 4 is 26.8 Å². The minimum Gasteiger partial charge on any atom is -0.353 e. The van der Waals surface area contributed by atoms with Crippen molar-refractivity contribution in [3.8, 4) is 0 Å². The highest BCUT2D eigenvalue weighted by molar-refractivity contribution is 7.89. The first-order chi connectivity index (χ1) is 13.4. The standard InChI is InChI=1S/C21H29N3O3S/c1-23-12-9-17-15-19(7-8-20(17)23)28(26,27)24-13-10-16(11-14-24)21(25)22-18-5-3-2-4-6-18/h7-9,12,15-16,18H,2-6,10-11,13-14H2,1H3,(H,22,25). The van der Waals surface area contributed by atoms with Gasteiger partial charge in [0.1, 0.15) is 0 Å². The average Bonchev–Trinajstić information content (AvgIpc) is 3.09. The number of fused-ring (bicyclic) bond motifs is 1. The molecular formula is C21H29N3O3S. The van der Waals surface area contributed by atoms with Gasteiger partial charge in [-0.3, -0.25) is 4.79 Å². The molecule has 6 nitrogen and oxygen atoms in total. The van der Waals surface area contributed by atoms with Gasteiger partial charge in [-0.1, -0.05) is 19.3 Å². The van der Waals surface area contributed by atoms with E-state index in [1.54, 1.807) is 12.1 Å². The lowest BCUT2D eigenvalue weighted by Gasteiger charge is -2.32. The second kappa shape index (κ2) is 7.87. The molecule has 1 amide bonds. The smallest absolute Gasteiger partial charge is 0.243 e. The van der Waals surface area contributed by atoms with Crippen LogP contribution in [-0.4, -0.2) is 42.3 Å². The lowest BCUT2D eigenvalue weighted by atomic mass is 9.93. The summed E-state index contributed by atoms with van der Waals surface area (Å²) in [4.78, 5) is 12.9. The Labute approximate surface area is 166 Å². The summed E-state index contributed by atoms with van der Waals surface area (Å²) in [7, 11) is -1.58. The van der Waals surface area contributed by atoms with E-state index in [0.29, 0.717) is 36.9 Å². The Morgan fingerprint density at radius 1 is 1.04 bits per heavy atom. The molecule has 1 N–H and O–H groups in total. The fourth-order valence-electron chi connectivity index (χ4n) is 4.49. The van der Waals surface area contributed by atoms with Gasteiger partial charge in [0.15, 0.2) is 0 Å². The van der Waals surface area contributed by atoms with Gasteiger partial charge in [-0.05, 0) is 49.9 Å². The number of nitrogens with zero attached hydrogens (tertiary/aromatic N) is 2. The average molecular weight is 404 g/mol. The summed E-state index contributed by atoms with van der Waals surface area (Å²) in [5, 5.41) is 4.11. The molecule has 1 saturated heterocycles. The molecule has 2 heterocycles. The van der Waals surface area contributed by atoms with Crippen molar-refractivity contribution in [1.82, 2.24) is 14.2 Å². The van der Waals surface area contributed by atoms with Crippen LogP contribution < -0.4 is 5.32 Å². The molecule has 1 aromatic carbocycles. The van der Waals surface area contributed by atoms with Crippen molar-refractivity contribution in [2.45, 2.75) is 55.9 Å². The quantitative estimate of drug-likeness (QED) is 0.853. The number of nitrogens with one attached hydrogen (secondary N) is 1. The highest BCUT2D eigenvalue weighted by Crippen LogP contribution is 2.27. The second-order valence-electron chi connectivity index (χ2n) is 8.17. The number of carbonyl (C=O) groups is 1. The molecule has 1 aliphatic heterocycles. The molecule has 1 aromatic heterocycles. The lowest BCUT2D eigenvalue weighted by molar-refractivity contribution is -0.127. The first-order valence-corrected chi connectivity index (χ1v) is 11.7. The fourth-order valence-corrected chi connectivity index (χ4v) is 6.00. The first kappa shape index (κ1) is 19.5. The zero-order valence-electron chi connectivity index (χ0n) is 16.4. The molecule has 0 bridgehead atoms. The molecule has 0 atom stereocenters. The van der Waals surface area contributed by atoms with Crippen LogP contribution in [0.1, 0.15) is 44.9 Å². The topological polar surface area (TPSA) is 71.4 Å². The molecule has 7 heteroatoms. The highest BCUT2D eigenvalue weighted by Gasteiger charge is 2.33. The van der Waals surface area contributed by atoms with E-state index in [0.717, 1.165) is 23.7 Å². The Morgan fingerprint density at radius 3 is 2.46 bits per heavy atom. The van der Waals surface area contributed by atoms with Crippen molar-refractivity contribution in [2.24, 2.45) is 13.0 Å². The molecule has 2 aromatic rings. The van der Waals surface area contributed by atoms with Gasteiger partial charge in [-0.2, -0.15) is 4.31 Å². The Bertz CT molecular complexity index is 952. The number of amides is 1. The molecule has 1 saturated carbocycles. The van der Waals surface area contributed by atoms with Crippen molar-refractivity contribution in [2.75, 3.05) is 13.1 Å². The van der Waals surface area contributed by atoms with Gasteiger partial charge >= 0.3 is 0 Å². The third-order valence-corrected chi connectivity index (χ3v) is 8.17. The van der Waals surface area contributed by atoms with Crippen LogP contribution in [0.3, 0.4) is 0 Å². The Kier molecular flexibility index (Phi) is 5.47. The number of hydrogen-bond acceptors (Lipinski definition) is 3. The molecule has 4 rings (SSSR count). The van der Waals surface area contributed by atoms with Gasteiger partial charge in [0.25, 0.3) is 0 Å². The maximum atomic E-state index is 13.0. The molecule has 152 valence electrons. The number of piperidine rings is 1. The molecule has 2 aliphatic rings. The SMILES string of the molecule is Cn1ccc2cc(S(=O)(=O)N3CCC(C(=O)NC4CCCCC4)CC3)ccc21. The van der Waals surface area contributed by atoms with Crippen molar-refractivity contribution in [1.29, 1.82) is 0 Å². The minimum atomic E-state index is -3.53. The van der Waals surface area contributed by atoms with Crippen LogP contribution in [-0.2, 0) is 21.9 Å². The summed E-state index contributed by atoms with van der Waals surface area (Å²) in [6.45, 7) is 0.801. The molecule has 0 radical (unpaired) electrons. The highest BCUT2D eigenvalue weighted by atomic mass is 32.2. The van der Waals surface area contributed by atoms with E-state index < -0.39 is 10.0 Å². The zero-order chi connectivity index (χ0) is 19.7. The number of aryl methyl sites for hydroxylation is 1. The van der Waals surface area contributed by atoms with Crippen LogP contribution in [0.5, 0.6) is 0 Å². The van der Waals surface area contributed by atoms with E-state index in [9.17, 15) is 13.2 Å². The van der Waals surface area contributed by atoms with Gasteiger partial charge in [-0.15, -0.1) is 0 Å². The first-order valence-electron chi connectivity index (χ1n) is 10.3. The van der Waals surface area contributed by atoms with Crippen LogP contribution in [0, 0.1) is 5.92 Å². The number of hydrogen-bond donors (Lipinski definition) is 1. The minimum absolute atomic E-state index is 0.0787. The Morgan fingerprint density at radius 2 is 1.75 bits per heavy atom. The van der Waals surface area contributed by atoms with Crippen LogP contribution in [0.4, 0.5) is 0 Å². The van der Waals surface area contributed by atoms with Crippen molar-refractivity contribution in [3.05, 3.63) is 30.5 Å². The van der Waals surface area contributed by atoms with Crippen LogP contribution in [0.25, 0.3) is 10.9 Å². The monoisotopic (exact) mass is 403 g/mol. The van der Waals surface area contributed by atoms with E-state index in [1.807, 2.05) is 29.9 Å². The predicted octanol–water partition coefficient (Wildman–Crippen LogP) is 3.03. The van der Waals surface area contributed by atoms with Gasteiger partial charge in [0, 0.05) is 49.2 Å². The fraction of sp³-hybridized carbons (Fsp3) is 0.571. The molecule has 0 spiro atoms. The maximum Gasteiger partial charge on any atom is 0.243 e. The summed E-state index contributed by atoms with van der Waals surface area (Å²) in [5.74, 6) is 0.0274. The van der Waals surface area contributed by atoms with Crippen molar-refractivity contribution < 1.29 is 13.2 Å². The number of aromatic nitrogens is 1. The Hall–Kier alpha value is -1.86. The summed E-state index contributed by atoms with van der Waals surface area (Å²) >= 11 is 0. The van der Waals surface area contributed by atoms with Crippen LogP contribution in [0.2, 0.25) is 0 Å². The summed E-state index contributed by atoms with van der Waals surface area (Å²) in [6, 6.07) is 7.51. The number of sulfonamides is 1. The number of carbonyl (C=O) groups excluding carboxylic acids is 1. The van der Waals surface area contributed by atoms with E-state index in [4.69, 9.17) is 0 Å². The number of rotatable bonds is 4. The maximum absolute atomic E-state index is 13.0. The lowest BCUT2D eigenvalue weighted by Crippen LogP contribution is -2.45. The van der Waals surface area contributed by atoms with E-state index in [2.05, 4.69) is 5.32 Å². The molecule has 0 unspecified atom stereocenters. The van der Waals surface area contributed by atoms with E-state index in [-0.39, 0.29) is 11.8 Å². The molecule has 1 aliphatic carbocycles. The van der Waals surface area contributed by atoms with Gasteiger partial charge in [-0.25, -0.2) is 8.42 Å². The van der Waals surface area contributed by atoms with Gasteiger partial charge < -0.3 is 9.88 Å².